The van der Waals surface area contributed by atoms with Crippen LogP contribution >= 0.6 is 11.6 Å². The molecule has 0 aliphatic heterocycles. The minimum atomic E-state index is -1.24. The van der Waals surface area contributed by atoms with Crippen LogP contribution in [0.3, 0.4) is 0 Å². The third kappa shape index (κ3) is 4.40. The van der Waals surface area contributed by atoms with Gasteiger partial charge in [-0.1, -0.05) is 49.6 Å². The van der Waals surface area contributed by atoms with Gasteiger partial charge in [-0.25, -0.2) is 4.79 Å². The van der Waals surface area contributed by atoms with Crippen molar-refractivity contribution in [2.45, 2.75) is 75.2 Å². The maximum Gasteiger partial charge on any atom is 0.347 e. The fourth-order valence-electron chi connectivity index (χ4n) is 4.20. The lowest BCUT2D eigenvalue weighted by Gasteiger charge is -2.39. The summed E-state index contributed by atoms with van der Waals surface area (Å²) in [5.41, 5.74) is 1.44. The Morgan fingerprint density at radius 1 is 1.19 bits per heavy atom. The number of rotatable bonds is 5. The molecule has 1 unspecified atom stereocenters. The summed E-state index contributed by atoms with van der Waals surface area (Å²) in [5.74, 6) is -0.386. The Morgan fingerprint density at radius 2 is 1.85 bits per heavy atom. The average molecular weight is 389 g/mol. The molecule has 1 saturated carbocycles. The summed E-state index contributed by atoms with van der Waals surface area (Å²) in [6.07, 6.45) is 14.7. The van der Waals surface area contributed by atoms with Gasteiger partial charge in [-0.3, -0.25) is 0 Å². The predicted octanol–water partition coefficient (Wildman–Crippen LogP) is 6.01. The summed E-state index contributed by atoms with van der Waals surface area (Å²) < 4.78 is 5.67. The summed E-state index contributed by atoms with van der Waals surface area (Å²) in [4.78, 5) is 11.3. The van der Waals surface area contributed by atoms with Gasteiger partial charge < -0.3 is 9.84 Å². The van der Waals surface area contributed by atoms with Crippen molar-refractivity contribution in [1.29, 1.82) is 0 Å². The van der Waals surface area contributed by atoms with Gasteiger partial charge in [0, 0.05) is 5.41 Å². The van der Waals surface area contributed by atoms with Crippen molar-refractivity contribution in [3.63, 3.8) is 0 Å². The van der Waals surface area contributed by atoms with Crippen LogP contribution in [0.4, 0.5) is 0 Å². The van der Waals surface area contributed by atoms with E-state index in [4.69, 9.17) is 16.3 Å². The van der Waals surface area contributed by atoms with Crippen molar-refractivity contribution in [3.05, 3.63) is 53.6 Å². The van der Waals surface area contributed by atoms with Gasteiger partial charge in [0.15, 0.2) is 5.60 Å². The van der Waals surface area contributed by atoms with Gasteiger partial charge in [-0.15, -0.1) is 11.6 Å². The molecular weight excluding hydrogens is 360 g/mol. The van der Waals surface area contributed by atoms with Gasteiger partial charge >= 0.3 is 5.97 Å². The van der Waals surface area contributed by atoms with E-state index in [0.29, 0.717) is 5.75 Å². The number of halogens is 1. The number of carboxylic acid groups (broad SMARTS) is 1. The highest BCUT2D eigenvalue weighted by molar-refractivity contribution is 6.21. The molecule has 0 heterocycles. The molecule has 1 atom stereocenters. The van der Waals surface area contributed by atoms with E-state index in [1.807, 2.05) is 12.1 Å². The van der Waals surface area contributed by atoms with Crippen molar-refractivity contribution in [2.24, 2.45) is 0 Å². The third-order valence-electron chi connectivity index (χ3n) is 5.85. The SMILES string of the molecule is CC(C)(Oc1ccc(C2(C3=CCCC(Cl)C=C3)CCCCC2)cc1)C(=O)O. The Kier molecular flexibility index (Phi) is 6.00. The highest BCUT2D eigenvalue weighted by atomic mass is 35.5. The molecule has 0 radical (unpaired) electrons. The molecule has 1 aromatic rings. The molecular formula is C23H29ClO3. The van der Waals surface area contributed by atoms with Crippen LogP contribution in [0.25, 0.3) is 0 Å². The van der Waals surface area contributed by atoms with Crippen molar-refractivity contribution >= 4 is 17.6 Å². The summed E-state index contributed by atoms with van der Waals surface area (Å²) in [6.45, 7) is 3.13. The molecule has 1 N–H and O–H groups in total. The molecule has 1 aromatic carbocycles. The summed E-state index contributed by atoms with van der Waals surface area (Å²) in [5, 5.41) is 9.37. The van der Waals surface area contributed by atoms with Crippen LogP contribution < -0.4 is 4.74 Å². The lowest BCUT2D eigenvalue weighted by molar-refractivity contribution is -0.152. The number of carboxylic acids is 1. The highest BCUT2D eigenvalue weighted by Gasteiger charge is 2.37. The van der Waals surface area contributed by atoms with E-state index >= 15 is 0 Å². The van der Waals surface area contributed by atoms with Crippen molar-refractivity contribution in [2.75, 3.05) is 0 Å². The second-order valence-electron chi connectivity index (χ2n) is 8.20. The topological polar surface area (TPSA) is 46.5 Å². The zero-order valence-corrected chi connectivity index (χ0v) is 17.0. The average Bonchev–Trinajstić information content (AvgIpc) is 2.87. The van der Waals surface area contributed by atoms with Gasteiger partial charge in [0.1, 0.15) is 5.75 Å². The molecule has 2 aliphatic carbocycles. The summed E-state index contributed by atoms with van der Waals surface area (Å²) in [6, 6.07) is 8.02. The van der Waals surface area contributed by atoms with Crippen molar-refractivity contribution in [1.82, 2.24) is 0 Å². The number of benzene rings is 1. The van der Waals surface area contributed by atoms with Gasteiger partial charge in [-0.05, 0) is 62.8 Å². The Balaban J connectivity index is 1.91. The van der Waals surface area contributed by atoms with Gasteiger partial charge in [-0.2, -0.15) is 0 Å². The third-order valence-corrected chi connectivity index (χ3v) is 6.21. The van der Waals surface area contributed by atoms with Crippen LogP contribution in [0.2, 0.25) is 0 Å². The van der Waals surface area contributed by atoms with Crippen LogP contribution in [0.15, 0.2) is 48.1 Å². The minimum Gasteiger partial charge on any atom is -0.478 e. The fourth-order valence-corrected chi connectivity index (χ4v) is 4.40. The molecule has 3 rings (SSSR count). The van der Waals surface area contributed by atoms with Crippen LogP contribution in [-0.2, 0) is 10.2 Å². The number of aliphatic carboxylic acids is 1. The zero-order valence-electron chi connectivity index (χ0n) is 16.2. The van der Waals surface area contributed by atoms with E-state index in [2.05, 4.69) is 30.4 Å². The second-order valence-corrected chi connectivity index (χ2v) is 8.76. The van der Waals surface area contributed by atoms with Gasteiger partial charge in [0.05, 0.1) is 5.38 Å². The first-order valence-corrected chi connectivity index (χ1v) is 10.3. The minimum absolute atomic E-state index is 0.0243. The quantitative estimate of drug-likeness (QED) is 0.628. The Morgan fingerprint density at radius 3 is 2.48 bits per heavy atom. The van der Waals surface area contributed by atoms with Crippen LogP contribution in [-0.4, -0.2) is 22.1 Å². The van der Waals surface area contributed by atoms with E-state index in [9.17, 15) is 9.90 Å². The summed E-state index contributed by atoms with van der Waals surface area (Å²) in [7, 11) is 0. The maximum atomic E-state index is 11.3. The van der Waals surface area contributed by atoms with Crippen LogP contribution in [0.5, 0.6) is 5.75 Å². The molecule has 0 bridgehead atoms. The van der Waals surface area contributed by atoms with Gasteiger partial charge in [0.2, 0.25) is 0 Å². The number of allylic oxidation sites excluding steroid dienone is 4. The number of hydrogen-bond donors (Lipinski definition) is 1. The molecule has 0 saturated heterocycles. The molecule has 1 fully saturated rings. The molecule has 0 aromatic heterocycles. The number of carbonyl (C=O) groups is 1. The Hall–Kier alpha value is -1.74. The molecule has 4 heteroatoms. The Labute approximate surface area is 167 Å². The normalized spacial score (nSPS) is 22.6. The molecule has 146 valence electrons. The van der Waals surface area contributed by atoms with Crippen LogP contribution in [0, 0.1) is 0 Å². The molecule has 27 heavy (non-hydrogen) atoms. The van der Waals surface area contributed by atoms with E-state index in [1.165, 1.54) is 30.4 Å². The number of hydrogen-bond acceptors (Lipinski definition) is 2. The van der Waals surface area contributed by atoms with Gasteiger partial charge in [0.25, 0.3) is 0 Å². The smallest absolute Gasteiger partial charge is 0.347 e. The molecule has 3 nitrogen and oxygen atoms in total. The first kappa shape index (κ1) is 20.0. The number of alkyl halides is 1. The predicted molar refractivity (Wildman–Crippen MR) is 110 cm³/mol. The molecule has 0 spiro atoms. The first-order chi connectivity index (χ1) is 12.8. The largest absolute Gasteiger partial charge is 0.478 e. The van der Waals surface area contributed by atoms with Crippen molar-refractivity contribution < 1.29 is 14.6 Å². The lowest BCUT2D eigenvalue weighted by Crippen LogP contribution is -2.37. The fraction of sp³-hybridized carbons (Fsp3) is 0.522. The highest BCUT2D eigenvalue weighted by Crippen LogP contribution is 2.46. The molecule has 0 amide bonds. The molecule has 2 aliphatic rings. The van der Waals surface area contributed by atoms with Crippen LogP contribution in [0.1, 0.15) is 64.4 Å². The maximum absolute atomic E-state index is 11.3. The Bertz CT molecular complexity index is 724. The van der Waals surface area contributed by atoms with Crippen molar-refractivity contribution in [3.8, 4) is 5.75 Å². The van der Waals surface area contributed by atoms with E-state index in [1.54, 1.807) is 13.8 Å². The first-order valence-electron chi connectivity index (χ1n) is 9.89. The van der Waals surface area contributed by atoms with E-state index < -0.39 is 11.6 Å². The number of ether oxygens (including phenoxy) is 1. The van der Waals surface area contributed by atoms with E-state index in [-0.39, 0.29) is 10.8 Å². The summed E-state index contributed by atoms with van der Waals surface area (Å²) >= 11 is 6.34. The monoisotopic (exact) mass is 388 g/mol. The zero-order chi connectivity index (χ0) is 19.5. The lowest BCUT2D eigenvalue weighted by atomic mass is 9.64. The van der Waals surface area contributed by atoms with E-state index in [0.717, 1.165) is 25.7 Å². The second kappa shape index (κ2) is 8.10. The standard InChI is InChI=1S/C23H29ClO3/c1-22(2,21(25)26)27-20-13-10-18(11-14-20)23(15-4-3-5-16-23)17-7-6-8-19(24)12-9-17/h7,9-14,19H,3-6,8,15-16H2,1-2H3,(H,25,26).